The molecule has 6 nitrogen and oxygen atoms in total. The molecule has 1 N–H and O–H groups in total. The van der Waals surface area contributed by atoms with Gasteiger partial charge in [-0.1, -0.05) is 77.5 Å². The van der Waals surface area contributed by atoms with Crippen LogP contribution in [0.25, 0.3) is 10.8 Å². The van der Waals surface area contributed by atoms with Crippen molar-refractivity contribution in [2.24, 2.45) is 5.92 Å². The first-order valence-corrected chi connectivity index (χ1v) is 13.9. The molecule has 1 aliphatic carbocycles. The van der Waals surface area contributed by atoms with E-state index in [0.717, 1.165) is 60.5 Å². The van der Waals surface area contributed by atoms with Crippen LogP contribution in [-0.2, 0) is 9.53 Å². The van der Waals surface area contributed by atoms with E-state index in [4.69, 9.17) is 4.74 Å². The van der Waals surface area contributed by atoms with Gasteiger partial charge in [-0.15, -0.1) is 0 Å². The standard InChI is InChI=1S/C30H42N2O4/c1-4-5-6-10-18-32-28(33)24-15-11-14-23-26(17-16-25(27(23)24)29(32)34)31(22-12-8-7-9-13-22)19-20-36-30(35)21(2)3/h11,14-17,21-22,29,34H,4-10,12-13,18-20H2,1-3H3. The van der Waals surface area contributed by atoms with Gasteiger partial charge in [-0.3, -0.25) is 9.59 Å². The molecule has 0 radical (unpaired) electrons. The number of hydrogen-bond acceptors (Lipinski definition) is 5. The van der Waals surface area contributed by atoms with Crippen LogP contribution in [0.1, 0.15) is 101 Å². The molecule has 0 spiro atoms. The van der Waals surface area contributed by atoms with Crippen molar-refractivity contribution in [3.63, 3.8) is 0 Å². The molecule has 2 aromatic carbocycles. The van der Waals surface area contributed by atoms with E-state index in [1.54, 1.807) is 4.90 Å². The SMILES string of the molecule is CCCCCCN1C(=O)c2cccc3c(N(CCOC(=O)C(C)C)C4CCCCC4)ccc(c23)C1O. The van der Waals surface area contributed by atoms with E-state index in [-0.39, 0.29) is 17.8 Å². The molecule has 1 heterocycles. The van der Waals surface area contributed by atoms with E-state index in [0.29, 0.717) is 31.3 Å². The highest BCUT2D eigenvalue weighted by atomic mass is 16.5. The fraction of sp³-hybridized carbons (Fsp3) is 0.600. The predicted octanol–water partition coefficient (Wildman–Crippen LogP) is 6.21. The Bertz CT molecular complexity index is 1060. The summed E-state index contributed by atoms with van der Waals surface area (Å²) in [6, 6.07) is 10.4. The van der Waals surface area contributed by atoms with Crippen LogP contribution in [0.15, 0.2) is 30.3 Å². The summed E-state index contributed by atoms with van der Waals surface area (Å²) < 4.78 is 5.56. The lowest BCUT2D eigenvalue weighted by atomic mass is 9.90. The third-order valence-electron chi connectivity index (χ3n) is 7.74. The van der Waals surface area contributed by atoms with Crippen LogP contribution < -0.4 is 4.90 Å². The van der Waals surface area contributed by atoms with Crippen molar-refractivity contribution in [1.82, 2.24) is 4.90 Å². The largest absolute Gasteiger partial charge is 0.464 e. The number of anilines is 1. The first-order chi connectivity index (χ1) is 17.4. The van der Waals surface area contributed by atoms with Gasteiger partial charge in [0.2, 0.25) is 0 Å². The summed E-state index contributed by atoms with van der Waals surface area (Å²) in [6.45, 7) is 7.38. The molecule has 0 aromatic heterocycles. The minimum Gasteiger partial charge on any atom is -0.464 e. The number of benzene rings is 2. The molecule has 6 heteroatoms. The molecule has 1 amide bonds. The van der Waals surface area contributed by atoms with Crippen LogP contribution in [0.5, 0.6) is 0 Å². The molecule has 0 saturated heterocycles. The van der Waals surface area contributed by atoms with Crippen LogP contribution in [0.2, 0.25) is 0 Å². The number of ether oxygens (including phenoxy) is 1. The normalized spacial score (nSPS) is 18.2. The summed E-state index contributed by atoms with van der Waals surface area (Å²) in [6.07, 6.45) is 9.14. The maximum atomic E-state index is 13.5. The zero-order valence-corrected chi connectivity index (χ0v) is 22.2. The summed E-state index contributed by atoms with van der Waals surface area (Å²) in [4.78, 5) is 29.6. The fourth-order valence-electron chi connectivity index (χ4n) is 5.73. The Morgan fingerprint density at radius 3 is 2.61 bits per heavy atom. The predicted molar refractivity (Wildman–Crippen MR) is 144 cm³/mol. The molecule has 1 fully saturated rings. The van der Waals surface area contributed by atoms with Gasteiger partial charge in [0.25, 0.3) is 5.91 Å². The number of unbranched alkanes of at least 4 members (excludes halogenated alkanes) is 3. The number of nitrogens with zero attached hydrogens (tertiary/aromatic N) is 2. The van der Waals surface area contributed by atoms with Crippen LogP contribution >= 0.6 is 0 Å². The highest BCUT2D eigenvalue weighted by Crippen LogP contribution is 2.41. The number of esters is 1. The van der Waals surface area contributed by atoms with Crippen LogP contribution in [0.3, 0.4) is 0 Å². The average molecular weight is 495 g/mol. The maximum Gasteiger partial charge on any atom is 0.308 e. The fourth-order valence-corrected chi connectivity index (χ4v) is 5.73. The second-order valence-electron chi connectivity index (χ2n) is 10.6. The van der Waals surface area contributed by atoms with Crippen LogP contribution in [0.4, 0.5) is 5.69 Å². The summed E-state index contributed by atoms with van der Waals surface area (Å²) in [5.41, 5.74) is 2.52. The second-order valence-corrected chi connectivity index (χ2v) is 10.6. The summed E-state index contributed by atoms with van der Waals surface area (Å²) >= 11 is 0. The van der Waals surface area contributed by atoms with Crippen molar-refractivity contribution in [3.8, 4) is 0 Å². The van der Waals surface area contributed by atoms with Gasteiger partial charge in [0.1, 0.15) is 6.61 Å². The number of hydrogen-bond donors (Lipinski definition) is 1. The lowest BCUT2D eigenvalue weighted by Crippen LogP contribution is -2.41. The zero-order valence-electron chi connectivity index (χ0n) is 22.2. The molecular formula is C30H42N2O4. The number of amides is 1. The van der Waals surface area contributed by atoms with E-state index in [1.807, 2.05) is 32.0 Å². The highest BCUT2D eigenvalue weighted by molar-refractivity contribution is 6.13. The Morgan fingerprint density at radius 2 is 1.89 bits per heavy atom. The van der Waals surface area contributed by atoms with Gasteiger partial charge in [0, 0.05) is 40.2 Å². The third kappa shape index (κ3) is 5.54. The Kier molecular flexibility index (Phi) is 8.89. The Labute approximate surface area is 215 Å². The van der Waals surface area contributed by atoms with E-state index < -0.39 is 6.23 Å². The van der Waals surface area contributed by atoms with E-state index >= 15 is 0 Å². The molecule has 2 aliphatic rings. The Hall–Kier alpha value is -2.60. The van der Waals surface area contributed by atoms with Gasteiger partial charge in [-0.05, 0) is 31.4 Å². The quantitative estimate of drug-likeness (QED) is 0.297. The molecule has 1 aliphatic heterocycles. The summed E-state index contributed by atoms with van der Waals surface area (Å²) in [7, 11) is 0. The molecule has 196 valence electrons. The van der Waals surface area contributed by atoms with Gasteiger partial charge in [0.15, 0.2) is 6.23 Å². The first kappa shape index (κ1) is 26.5. The summed E-state index contributed by atoms with van der Waals surface area (Å²) in [5.74, 6) is -0.418. The zero-order chi connectivity index (χ0) is 25.7. The number of aliphatic hydroxyl groups excluding tert-OH is 1. The van der Waals surface area contributed by atoms with E-state index in [9.17, 15) is 14.7 Å². The lowest BCUT2D eigenvalue weighted by molar-refractivity contribution is -0.147. The Morgan fingerprint density at radius 1 is 1.11 bits per heavy atom. The molecule has 4 rings (SSSR count). The lowest BCUT2D eigenvalue weighted by Gasteiger charge is -2.39. The minimum absolute atomic E-state index is 0.0932. The topological polar surface area (TPSA) is 70.1 Å². The smallest absolute Gasteiger partial charge is 0.308 e. The van der Waals surface area contributed by atoms with E-state index in [2.05, 4.69) is 24.0 Å². The third-order valence-corrected chi connectivity index (χ3v) is 7.74. The number of carbonyl (C=O) groups excluding carboxylic acids is 2. The molecule has 2 aromatic rings. The van der Waals surface area contributed by atoms with Gasteiger partial charge in [-0.25, -0.2) is 0 Å². The van der Waals surface area contributed by atoms with Crippen molar-refractivity contribution in [2.75, 3.05) is 24.6 Å². The van der Waals surface area contributed by atoms with E-state index in [1.165, 1.54) is 19.3 Å². The average Bonchev–Trinajstić information content (AvgIpc) is 2.89. The minimum atomic E-state index is -0.930. The molecule has 36 heavy (non-hydrogen) atoms. The maximum absolute atomic E-state index is 13.5. The Balaban J connectivity index is 1.66. The number of aliphatic hydroxyl groups is 1. The molecule has 0 bridgehead atoms. The van der Waals surface area contributed by atoms with Crippen molar-refractivity contribution >= 4 is 28.3 Å². The number of carbonyl (C=O) groups is 2. The van der Waals surface area contributed by atoms with Crippen LogP contribution in [-0.4, -0.2) is 47.6 Å². The molecular weight excluding hydrogens is 452 g/mol. The van der Waals surface area contributed by atoms with Crippen molar-refractivity contribution in [1.29, 1.82) is 0 Å². The molecule has 1 atom stereocenters. The van der Waals surface area contributed by atoms with Crippen molar-refractivity contribution in [2.45, 2.75) is 90.8 Å². The summed E-state index contributed by atoms with van der Waals surface area (Å²) in [5, 5.41) is 13.1. The molecule has 1 unspecified atom stereocenters. The van der Waals surface area contributed by atoms with Gasteiger partial charge in [0.05, 0.1) is 12.5 Å². The highest BCUT2D eigenvalue weighted by Gasteiger charge is 2.34. The number of rotatable bonds is 11. The monoisotopic (exact) mass is 494 g/mol. The van der Waals surface area contributed by atoms with Gasteiger partial charge in [-0.2, -0.15) is 0 Å². The van der Waals surface area contributed by atoms with Gasteiger partial charge < -0.3 is 19.6 Å². The van der Waals surface area contributed by atoms with Crippen molar-refractivity contribution < 1.29 is 19.4 Å². The van der Waals surface area contributed by atoms with Crippen molar-refractivity contribution in [3.05, 3.63) is 41.5 Å². The molecule has 1 saturated carbocycles. The second kappa shape index (κ2) is 12.1. The van der Waals surface area contributed by atoms with Crippen LogP contribution in [0, 0.1) is 5.92 Å². The van der Waals surface area contributed by atoms with Gasteiger partial charge >= 0.3 is 5.97 Å². The first-order valence-electron chi connectivity index (χ1n) is 13.9.